The van der Waals surface area contributed by atoms with Gasteiger partial charge in [0.05, 0.1) is 0 Å². The molecule has 1 aliphatic rings. The van der Waals surface area contributed by atoms with Crippen LogP contribution in [0.3, 0.4) is 0 Å². The van der Waals surface area contributed by atoms with Gasteiger partial charge < -0.3 is 24.8 Å². The minimum Gasteiger partial charge on any atom is -1.00 e. The molecule has 0 saturated carbocycles. The molecule has 6 rings (SSSR count). The molecule has 0 atom stereocenters. The average molecular weight is 609 g/mol. The van der Waals surface area contributed by atoms with Crippen LogP contribution in [-0.4, -0.2) is 15.8 Å². The summed E-state index contributed by atoms with van der Waals surface area (Å²) < 4.78 is 0. The van der Waals surface area contributed by atoms with Crippen molar-refractivity contribution in [1.29, 1.82) is 0 Å². The van der Waals surface area contributed by atoms with Crippen LogP contribution in [0, 0.1) is 6.07 Å². The van der Waals surface area contributed by atoms with E-state index >= 15 is 0 Å². The van der Waals surface area contributed by atoms with E-state index < -0.39 is 0 Å². The van der Waals surface area contributed by atoms with Crippen molar-refractivity contribution < 1.29 is 51.0 Å². The number of hydrogen-bond donors (Lipinski definition) is 0. The minimum atomic E-state index is 0. The van der Waals surface area contributed by atoms with Gasteiger partial charge >= 0.3 is 26.2 Å². The molecular formula is C30H30Cl2Si2Zr. The quantitative estimate of drug-likeness (QED) is 0.141. The summed E-state index contributed by atoms with van der Waals surface area (Å²) in [5.74, 6) is 0. The van der Waals surface area contributed by atoms with Gasteiger partial charge in [-0.25, -0.2) is 12.1 Å². The zero-order chi connectivity index (χ0) is 22.5. The van der Waals surface area contributed by atoms with E-state index in [1.807, 2.05) is 36.4 Å². The molecule has 0 heterocycles. The number of fused-ring (bicyclic) bond motifs is 8. The Bertz CT molecular complexity index is 1360. The molecule has 1 aliphatic carbocycles. The summed E-state index contributed by atoms with van der Waals surface area (Å²) in [5, 5.41) is 5.30. The first-order valence-corrected chi connectivity index (χ1v) is 17.3. The fourth-order valence-corrected chi connectivity index (χ4v) is 4.05. The van der Waals surface area contributed by atoms with Crippen molar-refractivity contribution in [2.75, 3.05) is 0 Å². The van der Waals surface area contributed by atoms with Crippen LogP contribution < -0.4 is 24.8 Å². The number of benzene rings is 4. The predicted octanol–water partition coefficient (Wildman–Crippen LogP) is 2.35. The summed E-state index contributed by atoms with van der Waals surface area (Å²) in [6.07, 6.45) is 1.02. The van der Waals surface area contributed by atoms with Gasteiger partial charge in [-0.3, -0.25) is 0 Å². The molecule has 5 aromatic carbocycles. The Balaban J connectivity index is 0.000000372. The van der Waals surface area contributed by atoms with E-state index in [0.29, 0.717) is 0 Å². The van der Waals surface area contributed by atoms with Crippen LogP contribution in [0.4, 0.5) is 0 Å². The van der Waals surface area contributed by atoms with Gasteiger partial charge in [0, 0.05) is 0 Å². The summed E-state index contributed by atoms with van der Waals surface area (Å²) in [5.41, 5.74) is 5.67. The number of halogens is 2. The van der Waals surface area contributed by atoms with E-state index in [9.17, 15) is 0 Å². The van der Waals surface area contributed by atoms with Crippen molar-refractivity contribution in [1.82, 2.24) is 0 Å². The van der Waals surface area contributed by atoms with Crippen LogP contribution in [0.15, 0.2) is 97.1 Å². The van der Waals surface area contributed by atoms with E-state index in [1.54, 1.807) is 0 Å². The van der Waals surface area contributed by atoms with Crippen molar-refractivity contribution in [3.63, 3.8) is 0 Å². The van der Waals surface area contributed by atoms with E-state index in [4.69, 9.17) is 0 Å². The fourth-order valence-electron chi connectivity index (χ4n) is 4.05. The average Bonchev–Trinajstić information content (AvgIpc) is 3.51. The molecule has 0 amide bonds. The maximum atomic E-state index is 3.48. The van der Waals surface area contributed by atoms with Crippen molar-refractivity contribution in [2.45, 2.75) is 32.6 Å². The Kier molecular flexibility index (Phi) is 13.6. The first-order valence-electron chi connectivity index (χ1n) is 11.3. The van der Waals surface area contributed by atoms with Crippen LogP contribution in [0.25, 0.3) is 32.7 Å². The Labute approximate surface area is 244 Å². The van der Waals surface area contributed by atoms with Gasteiger partial charge in [-0.1, -0.05) is 80.1 Å². The Morgan fingerprint density at radius 2 is 1.26 bits per heavy atom. The summed E-state index contributed by atoms with van der Waals surface area (Å²) >= 11 is 0. The van der Waals surface area contributed by atoms with Crippen LogP contribution in [0.2, 0.25) is 26.2 Å². The maximum Gasteiger partial charge on any atom is 4.00 e. The summed E-state index contributed by atoms with van der Waals surface area (Å²) in [6, 6.07) is 37.3. The second-order valence-corrected chi connectivity index (χ2v) is 18.7. The molecule has 0 nitrogen and oxygen atoms in total. The summed E-state index contributed by atoms with van der Waals surface area (Å²) in [6.45, 7) is 9.55. The summed E-state index contributed by atoms with van der Waals surface area (Å²) in [7, 11) is 0.300. The molecular weight excluding hydrogens is 579 g/mol. The van der Waals surface area contributed by atoms with Crippen molar-refractivity contribution in [3.8, 4) is 11.1 Å². The molecule has 0 fully saturated rings. The van der Waals surface area contributed by atoms with Crippen molar-refractivity contribution >= 4 is 37.3 Å². The monoisotopic (exact) mass is 606 g/mol. The normalized spacial score (nSPS) is 10.1. The molecule has 0 bridgehead atoms. The van der Waals surface area contributed by atoms with Crippen LogP contribution >= 0.6 is 0 Å². The predicted molar refractivity (Wildman–Crippen MR) is 146 cm³/mol. The molecule has 0 unspecified atom stereocenters. The number of hydrogen-bond acceptors (Lipinski definition) is 0. The van der Waals surface area contributed by atoms with E-state index in [1.165, 1.54) is 43.8 Å². The molecule has 0 radical (unpaired) electrons. The minimum absolute atomic E-state index is 0. The van der Waals surface area contributed by atoms with Gasteiger partial charge in [-0.15, -0.1) is 40.6 Å². The van der Waals surface area contributed by atoms with Gasteiger partial charge in [-0.2, -0.15) is 18.2 Å². The molecule has 0 aromatic heterocycles. The first kappa shape index (κ1) is 31.7. The standard InChI is InChI=1S/C21H13.C5H5.C4H12Si2.2ClH.Zr/c1-2-8-15-14(7-1)13-20-18-11-4-3-9-16(18)17-10-5-6-12-19(17)21(15)20;1-2-4-5-3-1;1-5(2)6(3)4;;;/h1-10,12H,13H2;1-5H;1-4H3;2*1H;/q2*-1;;;;+4/p-2. The van der Waals surface area contributed by atoms with Crippen LogP contribution in [-0.2, 0) is 32.6 Å². The largest absolute Gasteiger partial charge is 4.00 e. The molecule has 0 saturated heterocycles. The molecule has 0 N–H and O–H groups in total. The Morgan fingerprint density at radius 3 is 1.86 bits per heavy atom. The molecule has 0 aliphatic heterocycles. The van der Waals surface area contributed by atoms with E-state index in [-0.39, 0.29) is 66.8 Å². The molecule has 176 valence electrons. The van der Waals surface area contributed by atoms with Gasteiger partial charge in [-0.05, 0) is 44.3 Å². The third-order valence-corrected chi connectivity index (χ3v) is 14.2. The first-order chi connectivity index (χ1) is 15.6. The zero-order valence-electron chi connectivity index (χ0n) is 20.7. The second-order valence-electron chi connectivity index (χ2n) is 8.65. The SMILES string of the molecule is C[Si](C)=[Si](C)C.[Cl-].[Cl-].[Zr+4].[c-]1cccc2c1c1c(c3ccccc32)-c2ccccc2C1.c1cc[cH-]c1. The third-order valence-electron chi connectivity index (χ3n) is 6.16. The maximum absolute atomic E-state index is 3.48. The Hall–Kier alpha value is -1.35. The molecule has 5 aromatic rings. The van der Waals surface area contributed by atoms with Crippen LogP contribution in [0.1, 0.15) is 11.1 Å². The molecule has 0 spiro atoms. The van der Waals surface area contributed by atoms with E-state index in [0.717, 1.165) is 6.42 Å². The third kappa shape index (κ3) is 7.34. The second kappa shape index (κ2) is 15.0. The molecule has 35 heavy (non-hydrogen) atoms. The van der Waals surface area contributed by atoms with Gasteiger partial charge in [0.1, 0.15) is 0 Å². The van der Waals surface area contributed by atoms with Gasteiger partial charge in [0.15, 0.2) is 0 Å². The zero-order valence-corrected chi connectivity index (χ0v) is 26.7. The van der Waals surface area contributed by atoms with Crippen LogP contribution in [0.5, 0.6) is 0 Å². The van der Waals surface area contributed by atoms with Gasteiger partial charge in [0.2, 0.25) is 0 Å². The van der Waals surface area contributed by atoms with Gasteiger partial charge in [0.25, 0.3) is 0 Å². The Morgan fingerprint density at radius 1 is 0.686 bits per heavy atom. The smallest absolute Gasteiger partial charge is 1.00 e. The van der Waals surface area contributed by atoms with Crippen molar-refractivity contribution in [2.24, 2.45) is 0 Å². The van der Waals surface area contributed by atoms with E-state index in [2.05, 4.69) is 92.9 Å². The van der Waals surface area contributed by atoms with Crippen molar-refractivity contribution in [3.05, 3.63) is 114 Å². The summed E-state index contributed by atoms with van der Waals surface area (Å²) in [4.78, 5) is 0. The fraction of sp³-hybridized carbons (Fsp3) is 0.167. The number of rotatable bonds is 0. The topological polar surface area (TPSA) is 0 Å². The molecule has 5 heteroatoms.